The summed E-state index contributed by atoms with van der Waals surface area (Å²) in [5.41, 5.74) is 0. The maximum atomic E-state index is 2.99. The summed E-state index contributed by atoms with van der Waals surface area (Å²) < 4.78 is 0. The smallest absolute Gasteiger partial charge is 0.0227 e. The molecule has 0 saturated carbocycles. The number of fused-ring (bicyclic) bond motifs is 2. The Kier molecular flexibility index (Phi) is 17.8. The first kappa shape index (κ1) is 31.1. The maximum Gasteiger partial charge on any atom is 0.0227 e. The minimum Gasteiger partial charge on any atom is -0.300 e. The molecule has 2 aliphatic heterocycles. The van der Waals surface area contributed by atoms with E-state index in [1.54, 1.807) is 0 Å². The fourth-order valence-corrected chi connectivity index (χ4v) is 7.12. The molecule has 4 atom stereocenters. The highest BCUT2D eigenvalue weighted by molar-refractivity contribution is 4.96. The zero-order valence-corrected chi connectivity index (χ0v) is 24.9. The number of likely N-dealkylation sites (tertiary alicyclic amines) is 1. The molecular weight excluding hydrogens is 424 g/mol. The molecule has 0 amide bonds. The Morgan fingerprint density at radius 3 is 1.57 bits per heavy atom. The summed E-state index contributed by atoms with van der Waals surface area (Å²) in [5, 5.41) is 0. The van der Waals surface area contributed by atoms with Crippen LogP contribution in [0.25, 0.3) is 0 Å². The second-order valence-electron chi connectivity index (χ2n) is 12.6. The van der Waals surface area contributed by atoms with Gasteiger partial charge in [-0.05, 0) is 50.5 Å². The highest BCUT2D eigenvalue weighted by Gasteiger charge is 2.39. The van der Waals surface area contributed by atoms with Crippen LogP contribution in [0.15, 0.2) is 0 Å². The molecule has 2 bridgehead atoms. The van der Waals surface area contributed by atoms with Crippen molar-refractivity contribution in [2.75, 3.05) is 26.2 Å². The molecule has 0 aliphatic carbocycles. The Balaban J connectivity index is 1.79. The van der Waals surface area contributed by atoms with Crippen molar-refractivity contribution in [3.63, 3.8) is 0 Å². The Labute approximate surface area is 222 Å². The van der Waals surface area contributed by atoms with Crippen LogP contribution in [0.4, 0.5) is 0 Å². The fourth-order valence-electron chi connectivity index (χ4n) is 7.12. The van der Waals surface area contributed by atoms with Gasteiger partial charge in [0.15, 0.2) is 0 Å². The van der Waals surface area contributed by atoms with E-state index in [4.69, 9.17) is 0 Å². The summed E-state index contributed by atoms with van der Waals surface area (Å²) in [6.07, 6.45) is 30.4. The van der Waals surface area contributed by atoms with Gasteiger partial charge in [-0.1, -0.05) is 130 Å². The summed E-state index contributed by atoms with van der Waals surface area (Å²) in [6.45, 7) is 14.9. The van der Waals surface area contributed by atoms with Crippen molar-refractivity contribution in [1.29, 1.82) is 0 Å². The molecule has 0 spiro atoms. The fraction of sp³-hybridized carbons (Fsp3) is 1.00. The average molecular weight is 491 g/mol. The van der Waals surface area contributed by atoms with Crippen molar-refractivity contribution in [3.05, 3.63) is 0 Å². The van der Waals surface area contributed by atoms with Gasteiger partial charge >= 0.3 is 0 Å². The number of unbranched alkanes of at least 4 members (excludes halogenated alkanes) is 10. The van der Waals surface area contributed by atoms with E-state index in [-0.39, 0.29) is 0 Å². The van der Waals surface area contributed by atoms with Crippen molar-refractivity contribution >= 4 is 0 Å². The monoisotopic (exact) mass is 491 g/mol. The minimum absolute atomic E-state index is 0.863. The molecule has 0 aromatic rings. The van der Waals surface area contributed by atoms with Gasteiger partial charge in [0.2, 0.25) is 0 Å². The molecule has 2 saturated heterocycles. The molecule has 3 unspecified atom stereocenters. The van der Waals surface area contributed by atoms with Crippen LogP contribution in [0, 0.1) is 11.8 Å². The standard InChI is InChI=1S/C33H66N2/c1-5-9-13-15-18-21-30(20-17-14-10-6-2)25-26-35-32-23-24-33(35)29-34(28-32)27-31(19-12-8-4)22-16-11-7-3/h30-33H,5-29H2,1-4H3/t30?,31?,32-,33?/m0/s1. The summed E-state index contributed by atoms with van der Waals surface area (Å²) in [5.74, 6) is 1.94. The van der Waals surface area contributed by atoms with Gasteiger partial charge < -0.3 is 0 Å². The largest absolute Gasteiger partial charge is 0.300 e. The summed E-state index contributed by atoms with van der Waals surface area (Å²) in [4.78, 5) is 5.89. The Morgan fingerprint density at radius 1 is 0.514 bits per heavy atom. The summed E-state index contributed by atoms with van der Waals surface area (Å²) in [7, 11) is 0. The molecule has 0 aromatic heterocycles. The van der Waals surface area contributed by atoms with Gasteiger partial charge in [0.25, 0.3) is 0 Å². The molecular formula is C33H66N2. The zero-order chi connectivity index (χ0) is 25.1. The molecule has 0 aromatic carbocycles. The summed E-state index contributed by atoms with van der Waals surface area (Å²) >= 11 is 0. The molecule has 2 fully saturated rings. The number of hydrogen-bond acceptors (Lipinski definition) is 2. The van der Waals surface area contributed by atoms with Crippen LogP contribution in [0.5, 0.6) is 0 Å². The zero-order valence-electron chi connectivity index (χ0n) is 24.9. The van der Waals surface area contributed by atoms with Crippen LogP contribution < -0.4 is 0 Å². The third-order valence-electron chi connectivity index (χ3n) is 9.38. The summed E-state index contributed by atoms with van der Waals surface area (Å²) in [6, 6.07) is 1.73. The molecule has 0 N–H and O–H groups in total. The van der Waals surface area contributed by atoms with Gasteiger partial charge in [0.1, 0.15) is 0 Å². The van der Waals surface area contributed by atoms with Crippen molar-refractivity contribution in [2.45, 2.75) is 175 Å². The SMILES string of the molecule is CCCCCCCC(CCCCCC)CCN1C2CC[C@H]1CN(CC(CCCC)CCCCC)C2. The van der Waals surface area contributed by atoms with Crippen LogP contribution in [-0.4, -0.2) is 48.1 Å². The highest BCUT2D eigenvalue weighted by atomic mass is 15.3. The Hall–Kier alpha value is -0.0800. The molecule has 2 heteroatoms. The molecule has 2 heterocycles. The van der Waals surface area contributed by atoms with Gasteiger partial charge in [-0.15, -0.1) is 0 Å². The van der Waals surface area contributed by atoms with Crippen molar-refractivity contribution in [1.82, 2.24) is 9.80 Å². The van der Waals surface area contributed by atoms with Crippen molar-refractivity contribution in [3.8, 4) is 0 Å². The first-order valence-corrected chi connectivity index (χ1v) is 16.7. The van der Waals surface area contributed by atoms with E-state index in [0.29, 0.717) is 0 Å². The van der Waals surface area contributed by atoms with Crippen LogP contribution in [-0.2, 0) is 0 Å². The van der Waals surface area contributed by atoms with Crippen LogP contribution in [0.3, 0.4) is 0 Å². The van der Waals surface area contributed by atoms with Crippen LogP contribution in [0.1, 0.15) is 163 Å². The van der Waals surface area contributed by atoms with Gasteiger partial charge in [0.05, 0.1) is 0 Å². The average Bonchev–Trinajstić information content (AvgIpc) is 3.10. The van der Waals surface area contributed by atoms with E-state index in [1.165, 1.54) is 161 Å². The van der Waals surface area contributed by atoms with Gasteiger partial charge in [-0.3, -0.25) is 9.80 Å². The van der Waals surface area contributed by atoms with E-state index >= 15 is 0 Å². The molecule has 208 valence electrons. The highest BCUT2D eigenvalue weighted by Crippen LogP contribution is 2.33. The third-order valence-corrected chi connectivity index (χ3v) is 9.38. The lowest BCUT2D eigenvalue weighted by Gasteiger charge is -2.42. The Bertz CT molecular complexity index is 464. The topological polar surface area (TPSA) is 6.48 Å². The third kappa shape index (κ3) is 12.8. The number of hydrogen-bond donors (Lipinski definition) is 0. The normalized spacial score (nSPS) is 22.6. The van der Waals surface area contributed by atoms with E-state index in [0.717, 1.165) is 23.9 Å². The number of piperazine rings is 1. The molecule has 2 rings (SSSR count). The van der Waals surface area contributed by atoms with Crippen LogP contribution >= 0.6 is 0 Å². The van der Waals surface area contributed by atoms with E-state index in [2.05, 4.69) is 37.5 Å². The van der Waals surface area contributed by atoms with E-state index < -0.39 is 0 Å². The molecule has 2 aliphatic rings. The van der Waals surface area contributed by atoms with Crippen LogP contribution in [0.2, 0.25) is 0 Å². The lowest BCUT2D eigenvalue weighted by Crippen LogP contribution is -2.54. The van der Waals surface area contributed by atoms with Gasteiger partial charge in [-0.2, -0.15) is 0 Å². The second kappa shape index (κ2) is 20.0. The molecule has 35 heavy (non-hydrogen) atoms. The van der Waals surface area contributed by atoms with Crippen molar-refractivity contribution < 1.29 is 0 Å². The predicted octanol–water partition coefficient (Wildman–Crippen LogP) is 9.86. The lowest BCUT2D eigenvalue weighted by atomic mass is 9.91. The molecule has 0 radical (unpaired) electrons. The lowest BCUT2D eigenvalue weighted by molar-refractivity contribution is 0.0505. The van der Waals surface area contributed by atoms with Gasteiger partial charge in [-0.25, -0.2) is 0 Å². The number of nitrogens with zero attached hydrogens (tertiary/aromatic N) is 2. The predicted molar refractivity (Wildman–Crippen MR) is 157 cm³/mol. The Morgan fingerprint density at radius 2 is 0.971 bits per heavy atom. The van der Waals surface area contributed by atoms with Crippen molar-refractivity contribution in [2.24, 2.45) is 11.8 Å². The first-order chi connectivity index (χ1) is 17.2. The van der Waals surface area contributed by atoms with E-state index in [1.807, 2.05) is 0 Å². The maximum absolute atomic E-state index is 2.99. The first-order valence-electron chi connectivity index (χ1n) is 16.7. The van der Waals surface area contributed by atoms with E-state index in [9.17, 15) is 0 Å². The number of rotatable bonds is 23. The molecule has 2 nitrogen and oxygen atoms in total. The van der Waals surface area contributed by atoms with Gasteiger partial charge in [0, 0.05) is 31.7 Å². The quantitative estimate of drug-likeness (QED) is 0.131. The second-order valence-corrected chi connectivity index (χ2v) is 12.6. The minimum atomic E-state index is 0.863.